The molecule has 92 valence electrons. The van der Waals surface area contributed by atoms with Crippen LogP contribution in [0, 0.1) is 15.9 Å². The van der Waals surface area contributed by atoms with Gasteiger partial charge in [0.25, 0.3) is 5.69 Å². The van der Waals surface area contributed by atoms with Gasteiger partial charge < -0.3 is 4.74 Å². The van der Waals surface area contributed by atoms with Crippen molar-refractivity contribution >= 4 is 27.6 Å². The summed E-state index contributed by atoms with van der Waals surface area (Å²) < 4.78 is 18.1. The average Bonchev–Trinajstić information content (AvgIpc) is 2.24. The molecule has 0 heterocycles. The summed E-state index contributed by atoms with van der Waals surface area (Å²) in [6, 6.07) is 1.99. The summed E-state index contributed by atoms with van der Waals surface area (Å²) in [6.07, 6.45) is -0.345. The summed E-state index contributed by atoms with van der Waals surface area (Å²) in [4.78, 5) is 21.2. The number of halogens is 2. The van der Waals surface area contributed by atoms with Crippen LogP contribution in [0.4, 0.5) is 10.1 Å². The Bertz CT molecular complexity index is 464. The van der Waals surface area contributed by atoms with E-state index in [1.807, 2.05) is 0 Å². The lowest BCUT2D eigenvalue weighted by molar-refractivity contribution is -0.385. The molecule has 0 aliphatic carbocycles. The van der Waals surface area contributed by atoms with E-state index >= 15 is 0 Å². The van der Waals surface area contributed by atoms with E-state index in [1.165, 1.54) is 0 Å². The van der Waals surface area contributed by atoms with E-state index in [0.717, 1.165) is 12.1 Å². The van der Waals surface area contributed by atoms with Gasteiger partial charge in [-0.15, -0.1) is 0 Å². The van der Waals surface area contributed by atoms with Gasteiger partial charge in [-0.2, -0.15) is 0 Å². The normalized spacial score (nSPS) is 10.1. The Labute approximate surface area is 105 Å². The van der Waals surface area contributed by atoms with Crippen LogP contribution < -0.4 is 0 Å². The number of benzene rings is 1. The topological polar surface area (TPSA) is 69.4 Å². The summed E-state index contributed by atoms with van der Waals surface area (Å²) in [6.45, 7) is 1.80. The molecule has 0 spiro atoms. The highest BCUT2D eigenvalue weighted by atomic mass is 79.9. The first kappa shape index (κ1) is 13.6. The minimum atomic E-state index is -0.685. The van der Waals surface area contributed by atoms with Crippen molar-refractivity contribution in [3.8, 4) is 0 Å². The highest BCUT2D eigenvalue weighted by molar-refractivity contribution is 9.10. The lowest BCUT2D eigenvalue weighted by atomic mass is 10.1. The smallest absolute Gasteiger partial charge is 0.310 e. The zero-order valence-electron chi connectivity index (χ0n) is 8.91. The van der Waals surface area contributed by atoms with Crippen LogP contribution in [0.25, 0.3) is 0 Å². The maximum absolute atomic E-state index is 13.4. The number of ether oxygens (including phenoxy) is 1. The first-order valence-corrected chi connectivity index (χ1v) is 5.53. The van der Waals surface area contributed by atoms with Crippen LogP contribution >= 0.6 is 15.9 Å². The lowest BCUT2D eigenvalue weighted by Gasteiger charge is -2.06. The number of esters is 1. The molecule has 0 fully saturated rings. The maximum atomic E-state index is 13.4. The third-order valence-corrected chi connectivity index (χ3v) is 2.87. The first-order chi connectivity index (χ1) is 7.97. The van der Waals surface area contributed by atoms with Crippen molar-refractivity contribution in [2.24, 2.45) is 0 Å². The van der Waals surface area contributed by atoms with Crippen LogP contribution in [-0.4, -0.2) is 17.5 Å². The molecule has 5 nitrogen and oxygen atoms in total. The van der Waals surface area contributed by atoms with Gasteiger partial charge in [0.2, 0.25) is 0 Å². The van der Waals surface area contributed by atoms with Crippen LogP contribution in [0.5, 0.6) is 0 Å². The molecule has 7 heteroatoms. The van der Waals surface area contributed by atoms with Crippen LogP contribution in [0.3, 0.4) is 0 Å². The predicted octanol–water partition coefficient (Wildman–Crippen LogP) is 2.60. The molecule has 17 heavy (non-hydrogen) atoms. The largest absolute Gasteiger partial charge is 0.466 e. The second-order valence-corrected chi connectivity index (χ2v) is 3.89. The molecular formula is C10H9BrFNO4. The van der Waals surface area contributed by atoms with Crippen LogP contribution in [0.15, 0.2) is 16.6 Å². The monoisotopic (exact) mass is 305 g/mol. The maximum Gasteiger partial charge on any atom is 0.310 e. The van der Waals surface area contributed by atoms with Crippen LogP contribution in [0.2, 0.25) is 0 Å². The van der Waals surface area contributed by atoms with Crippen LogP contribution in [-0.2, 0) is 16.0 Å². The lowest BCUT2D eigenvalue weighted by Crippen LogP contribution is -2.10. The van der Waals surface area contributed by atoms with Crippen molar-refractivity contribution < 1.29 is 18.8 Å². The van der Waals surface area contributed by atoms with E-state index < -0.39 is 16.7 Å². The Kier molecular flexibility index (Phi) is 4.56. The Hall–Kier alpha value is -1.50. The highest BCUT2D eigenvalue weighted by Gasteiger charge is 2.21. The van der Waals surface area contributed by atoms with Gasteiger partial charge in [0.15, 0.2) is 0 Å². The number of nitro benzene ring substituents is 1. The Morgan fingerprint density at radius 2 is 2.24 bits per heavy atom. The molecule has 1 aromatic rings. The Morgan fingerprint density at radius 3 is 2.76 bits per heavy atom. The highest BCUT2D eigenvalue weighted by Crippen LogP contribution is 2.30. The minimum absolute atomic E-state index is 0.0319. The van der Waals surface area contributed by atoms with E-state index in [2.05, 4.69) is 20.7 Å². The van der Waals surface area contributed by atoms with Gasteiger partial charge in [-0.3, -0.25) is 14.9 Å². The number of nitrogens with zero attached hydrogens (tertiary/aromatic N) is 1. The molecule has 1 aromatic carbocycles. The number of hydrogen-bond donors (Lipinski definition) is 0. The number of rotatable bonds is 4. The van der Waals surface area contributed by atoms with Gasteiger partial charge in [0, 0.05) is 11.6 Å². The molecule has 0 saturated heterocycles. The molecule has 0 amide bonds. The zero-order chi connectivity index (χ0) is 13.0. The molecule has 1 rings (SSSR count). The Morgan fingerprint density at radius 1 is 1.59 bits per heavy atom. The van der Waals surface area contributed by atoms with Crippen molar-refractivity contribution in [2.75, 3.05) is 6.61 Å². The Balaban J connectivity index is 3.09. The summed E-state index contributed by atoms with van der Waals surface area (Å²) >= 11 is 2.92. The van der Waals surface area contributed by atoms with Crippen molar-refractivity contribution in [1.82, 2.24) is 0 Å². The second kappa shape index (κ2) is 5.72. The van der Waals surface area contributed by atoms with Gasteiger partial charge in [0.1, 0.15) is 10.3 Å². The number of nitro groups is 1. The number of hydrogen-bond acceptors (Lipinski definition) is 4. The number of carbonyl (C=O) groups excluding carboxylic acids is 1. The van der Waals surface area contributed by atoms with E-state index in [9.17, 15) is 19.3 Å². The molecule has 0 aliphatic heterocycles. The summed E-state index contributed by atoms with van der Waals surface area (Å²) in [7, 11) is 0. The first-order valence-electron chi connectivity index (χ1n) is 4.74. The van der Waals surface area contributed by atoms with Gasteiger partial charge in [-0.1, -0.05) is 0 Å². The fourth-order valence-corrected chi connectivity index (χ4v) is 1.85. The zero-order valence-corrected chi connectivity index (χ0v) is 10.5. The third kappa shape index (κ3) is 3.23. The fourth-order valence-electron chi connectivity index (χ4n) is 1.24. The standard InChI is InChI=1S/C10H9BrFNO4/c1-2-17-9(14)5-6-7(12)3-4-8(10(6)11)13(15)16/h3-4H,2,5H2,1H3. The van der Waals surface area contributed by atoms with Crippen molar-refractivity contribution in [2.45, 2.75) is 13.3 Å². The molecule has 0 aromatic heterocycles. The quantitative estimate of drug-likeness (QED) is 0.487. The minimum Gasteiger partial charge on any atom is -0.466 e. The molecule has 0 atom stereocenters. The van der Waals surface area contributed by atoms with Gasteiger partial charge in [0.05, 0.1) is 18.0 Å². The third-order valence-electron chi connectivity index (χ3n) is 1.99. The second-order valence-electron chi connectivity index (χ2n) is 3.10. The van der Waals surface area contributed by atoms with Crippen molar-refractivity contribution in [1.29, 1.82) is 0 Å². The van der Waals surface area contributed by atoms with Gasteiger partial charge >= 0.3 is 5.97 Å². The van der Waals surface area contributed by atoms with Crippen molar-refractivity contribution in [3.05, 3.63) is 38.1 Å². The molecule has 0 bridgehead atoms. The molecule has 0 saturated carbocycles. The average molecular weight is 306 g/mol. The van der Waals surface area contributed by atoms with Gasteiger partial charge in [-0.25, -0.2) is 4.39 Å². The SMILES string of the molecule is CCOC(=O)Cc1c(F)ccc([N+](=O)[O-])c1Br. The van der Waals surface area contributed by atoms with E-state index in [-0.39, 0.29) is 28.8 Å². The molecule has 0 unspecified atom stereocenters. The molecule has 0 N–H and O–H groups in total. The molecule has 0 radical (unpaired) electrons. The van der Waals surface area contributed by atoms with Crippen LogP contribution in [0.1, 0.15) is 12.5 Å². The summed E-state index contributed by atoms with van der Waals surface area (Å²) in [5.41, 5.74) is -0.358. The summed E-state index contributed by atoms with van der Waals surface area (Å²) in [5, 5.41) is 10.6. The van der Waals surface area contributed by atoms with E-state index in [4.69, 9.17) is 0 Å². The summed E-state index contributed by atoms with van der Waals surface area (Å²) in [5.74, 6) is -1.32. The fraction of sp³-hybridized carbons (Fsp3) is 0.300. The number of carbonyl (C=O) groups is 1. The van der Waals surface area contributed by atoms with E-state index in [0.29, 0.717) is 0 Å². The molecule has 0 aliphatic rings. The predicted molar refractivity (Wildman–Crippen MR) is 61.1 cm³/mol. The van der Waals surface area contributed by atoms with Crippen molar-refractivity contribution in [3.63, 3.8) is 0 Å². The van der Waals surface area contributed by atoms with E-state index in [1.54, 1.807) is 6.92 Å². The van der Waals surface area contributed by atoms with Gasteiger partial charge in [-0.05, 0) is 28.9 Å². The molecular weight excluding hydrogens is 297 g/mol.